The third kappa shape index (κ3) is 3.07. The fraction of sp³-hybridized carbons (Fsp3) is 0.125. The summed E-state index contributed by atoms with van der Waals surface area (Å²) in [6.07, 6.45) is 1.44. The molecule has 0 saturated heterocycles. The molecule has 22 heavy (non-hydrogen) atoms. The highest BCUT2D eigenvalue weighted by Gasteiger charge is 2.12. The molecule has 0 saturated carbocycles. The summed E-state index contributed by atoms with van der Waals surface area (Å²) < 4.78 is 23.9. The average molecular weight is 317 g/mol. The van der Waals surface area contributed by atoms with E-state index < -0.39 is 11.8 Å². The van der Waals surface area contributed by atoms with Crippen molar-refractivity contribution >= 4 is 17.3 Å². The minimum atomic E-state index is -0.598. The van der Waals surface area contributed by atoms with Crippen LogP contribution in [0, 0.1) is 12.7 Å². The van der Waals surface area contributed by atoms with Gasteiger partial charge in [0.1, 0.15) is 24.4 Å². The zero-order valence-electron chi connectivity index (χ0n) is 11.7. The zero-order valence-corrected chi connectivity index (χ0v) is 12.5. The van der Waals surface area contributed by atoms with Gasteiger partial charge in [0.15, 0.2) is 0 Å². The number of hydrogen-bond acceptors (Lipinski definition) is 5. The number of aryl methyl sites for hydroxylation is 1. The van der Waals surface area contributed by atoms with Crippen LogP contribution in [0.5, 0.6) is 0 Å². The topological polar surface area (TPSA) is 52.3 Å². The van der Waals surface area contributed by atoms with Crippen LogP contribution in [-0.4, -0.2) is 11.0 Å². The number of hydrogen-bond donors (Lipinski definition) is 0. The van der Waals surface area contributed by atoms with Crippen molar-refractivity contribution < 1.29 is 18.3 Å². The molecule has 0 N–H and O–H groups in total. The summed E-state index contributed by atoms with van der Waals surface area (Å²) in [5.41, 5.74) is 1.16. The van der Waals surface area contributed by atoms with Crippen LogP contribution in [0.2, 0.25) is 0 Å². The van der Waals surface area contributed by atoms with Gasteiger partial charge < -0.3 is 9.15 Å². The maximum Gasteiger partial charge on any atom is 0.338 e. The van der Waals surface area contributed by atoms with Crippen molar-refractivity contribution in [3.63, 3.8) is 0 Å². The van der Waals surface area contributed by atoms with E-state index in [1.165, 1.54) is 29.7 Å². The van der Waals surface area contributed by atoms with Crippen LogP contribution in [0.3, 0.4) is 0 Å². The fourth-order valence-electron chi connectivity index (χ4n) is 1.83. The van der Waals surface area contributed by atoms with E-state index in [0.29, 0.717) is 17.1 Å². The highest BCUT2D eigenvalue weighted by Crippen LogP contribution is 2.23. The minimum absolute atomic E-state index is 0.0246. The number of nitrogens with zero attached hydrogens (tertiary/aromatic N) is 1. The second kappa shape index (κ2) is 6.11. The third-order valence-corrected chi connectivity index (χ3v) is 3.90. The van der Waals surface area contributed by atoms with Crippen molar-refractivity contribution in [2.75, 3.05) is 0 Å². The Bertz CT molecular complexity index is 796. The highest BCUT2D eigenvalue weighted by atomic mass is 32.1. The maximum atomic E-state index is 13.4. The van der Waals surface area contributed by atoms with Gasteiger partial charge in [-0.25, -0.2) is 14.2 Å². The van der Waals surface area contributed by atoms with Crippen LogP contribution >= 0.6 is 11.3 Å². The SMILES string of the molecule is Cc1ccc(C(=O)OCc2coc(-c3cccs3)n2)cc1F. The lowest BCUT2D eigenvalue weighted by molar-refractivity contribution is 0.0467. The van der Waals surface area contributed by atoms with Crippen molar-refractivity contribution in [3.05, 3.63) is 64.6 Å². The molecule has 3 aromatic rings. The van der Waals surface area contributed by atoms with Crippen molar-refractivity contribution in [1.29, 1.82) is 0 Å². The van der Waals surface area contributed by atoms with Gasteiger partial charge in [-0.15, -0.1) is 11.3 Å². The molecule has 0 radical (unpaired) electrons. The Labute approximate surface area is 130 Å². The number of halogens is 1. The Morgan fingerprint density at radius 2 is 2.27 bits per heavy atom. The van der Waals surface area contributed by atoms with Crippen molar-refractivity contribution in [2.45, 2.75) is 13.5 Å². The predicted octanol–water partition coefficient (Wildman–Crippen LogP) is 4.21. The van der Waals surface area contributed by atoms with E-state index in [-0.39, 0.29) is 12.2 Å². The monoisotopic (exact) mass is 317 g/mol. The number of oxazole rings is 1. The van der Waals surface area contributed by atoms with Crippen molar-refractivity contribution in [2.24, 2.45) is 0 Å². The van der Waals surface area contributed by atoms with Gasteiger partial charge in [0, 0.05) is 0 Å². The number of rotatable bonds is 4. The summed E-state index contributed by atoms with van der Waals surface area (Å²) in [4.78, 5) is 17.0. The Hall–Kier alpha value is -2.47. The largest absolute Gasteiger partial charge is 0.455 e. The normalized spacial score (nSPS) is 10.6. The molecule has 1 aromatic carbocycles. The summed E-state index contributed by atoms with van der Waals surface area (Å²) in [6.45, 7) is 1.61. The van der Waals surface area contributed by atoms with Crippen LogP contribution < -0.4 is 0 Å². The quantitative estimate of drug-likeness (QED) is 0.676. The molecule has 0 bridgehead atoms. The Morgan fingerprint density at radius 1 is 1.41 bits per heavy atom. The van der Waals surface area contributed by atoms with Crippen LogP contribution in [0.15, 0.2) is 46.4 Å². The molecule has 3 rings (SSSR count). The first-order valence-electron chi connectivity index (χ1n) is 6.55. The van der Waals surface area contributed by atoms with Crippen LogP contribution in [0.25, 0.3) is 10.8 Å². The number of carbonyl (C=O) groups excluding carboxylic acids is 1. The lowest BCUT2D eigenvalue weighted by Crippen LogP contribution is -2.06. The molecule has 2 heterocycles. The second-order valence-electron chi connectivity index (χ2n) is 4.66. The minimum Gasteiger partial charge on any atom is -0.455 e. The third-order valence-electron chi connectivity index (χ3n) is 3.04. The van der Waals surface area contributed by atoms with Gasteiger partial charge in [-0.05, 0) is 36.1 Å². The Balaban J connectivity index is 1.65. The first-order valence-corrected chi connectivity index (χ1v) is 7.43. The van der Waals surface area contributed by atoms with E-state index >= 15 is 0 Å². The van der Waals surface area contributed by atoms with Crippen molar-refractivity contribution in [1.82, 2.24) is 4.98 Å². The standard InChI is InChI=1S/C16H12FNO3S/c1-10-4-5-11(7-13(10)17)16(19)21-9-12-8-20-15(18-12)14-3-2-6-22-14/h2-8H,9H2,1H3. The van der Waals surface area contributed by atoms with E-state index in [1.807, 2.05) is 17.5 Å². The Morgan fingerprint density at radius 3 is 3.00 bits per heavy atom. The molecule has 0 amide bonds. The van der Waals surface area contributed by atoms with Gasteiger partial charge in [-0.3, -0.25) is 0 Å². The van der Waals surface area contributed by atoms with Crippen molar-refractivity contribution in [3.8, 4) is 10.8 Å². The molecule has 0 aliphatic carbocycles. The summed E-state index contributed by atoms with van der Waals surface area (Å²) >= 11 is 1.51. The van der Waals surface area contributed by atoms with Gasteiger partial charge >= 0.3 is 5.97 Å². The number of ether oxygens (including phenoxy) is 1. The van der Waals surface area contributed by atoms with Crippen LogP contribution in [-0.2, 0) is 11.3 Å². The number of carbonyl (C=O) groups is 1. The molecule has 0 fully saturated rings. The van der Waals surface area contributed by atoms with Gasteiger partial charge in [0.2, 0.25) is 5.89 Å². The van der Waals surface area contributed by atoms with Gasteiger partial charge in [-0.1, -0.05) is 12.1 Å². The summed E-state index contributed by atoms with van der Waals surface area (Å²) in [6, 6.07) is 8.02. The fourth-order valence-corrected chi connectivity index (χ4v) is 2.48. The summed E-state index contributed by atoms with van der Waals surface area (Å²) in [5.74, 6) is -0.544. The highest BCUT2D eigenvalue weighted by molar-refractivity contribution is 7.13. The first kappa shape index (κ1) is 14.5. The molecular formula is C16H12FNO3S. The molecule has 112 valence electrons. The molecule has 0 atom stereocenters. The Kier molecular flexibility index (Phi) is 4.02. The molecule has 6 heteroatoms. The number of benzene rings is 1. The smallest absolute Gasteiger partial charge is 0.338 e. The first-order chi connectivity index (χ1) is 10.6. The van der Waals surface area contributed by atoms with Crippen LogP contribution in [0.4, 0.5) is 4.39 Å². The van der Waals surface area contributed by atoms with Gasteiger partial charge in [0.05, 0.1) is 10.4 Å². The lowest BCUT2D eigenvalue weighted by atomic mass is 10.1. The number of esters is 1. The molecule has 0 aliphatic heterocycles. The zero-order chi connectivity index (χ0) is 15.5. The van der Waals surface area contributed by atoms with E-state index in [4.69, 9.17) is 9.15 Å². The van der Waals surface area contributed by atoms with E-state index in [0.717, 1.165) is 10.9 Å². The molecule has 0 spiro atoms. The summed E-state index contributed by atoms with van der Waals surface area (Å²) in [7, 11) is 0. The lowest BCUT2D eigenvalue weighted by Gasteiger charge is -2.03. The predicted molar refractivity (Wildman–Crippen MR) is 80.1 cm³/mol. The maximum absolute atomic E-state index is 13.4. The number of aromatic nitrogens is 1. The average Bonchev–Trinajstić information content (AvgIpc) is 3.18. The molecule has 0 aliphatic rings. The van der Waals surface area contributed by atoms with E-state index in [9.17, 15) is 9.18 Å². The van der Waals surface area contributed by atoms with Crippen LogP contribution in [0.1, 0.15) is 21.6 Å². The molecule has 2 aromatic heterocycles. The van der Waals surface area contributed by atoms with Gasteiger partial charge in [-0.2, -0.15) is 0 Å². The molecule has 0 unspecified atom stereocenters. The number of thiophene rings is 1. The molecular weight excluding hydrogens is 305 g/mol. The molecule has 4 nitrogen and oxygen atoms in total. The van der Waals surface area contributed by atoms with E-state index in [1.54, 1.807) is 6.92 Å². The van der Waals surface area contributed by atoms with E-state index in [2.05, 4.69) is 4.98 Å². The van der Waals surface area contributed by atoms with Gasteiger partial charge in [0.25, 0.3) is 0 Å². The second-order valence-corrected chi connectivity index (χ2v) is 5.61. The summed E-state index contributed by atoms with van der Waals surface area (Å²) in [5, 5.41) is 1.92.